The summed E-state index contributed by atoms with van der Waals surface area (Å²) in [5, 5.41) is 3.30. The molecule has 0 aliphatic heterocycles. The molecule has 4 heteroatoms. The van der Waals surface area contributed by atoms with E-state index in [2.05, 4.69) is 28.7 Å². The Hall–Kier alpha value is -1.97. The molecule has 1 aromatic heterocycles. The van der Waals surface area contributed by atoms with Gasteiger partial charge in [-0.15, -0.1) is 0 Å². The number of benzene rings is 1. The minimum atomic E-state index is 0.380. The lowest BCUT2D eigenvalue weighted by Crippen LogP contribution is -2.05. The maximum absolute atomic E-state index is 5.48. The van der Waals surface area contributed by atoms with Crippen LogP contribution in [0.1, 0.15) is 26.8 Å². The van der Waals surface area contributed by atoms with Crippen LogP contribution in [0.25, 0.3) is 0 Å². The van der Waals surface area contributed by atoms with Gasteiger partial charge in [0.05, 0.1) is 6.61 Å². The molecule has 4 nitrogen and oxygen atoms in total. The van der Waals surface area contributed by atoms with Crippen LogP contribution < -0.4 is 10.1 Å². The van der Waals surface area contributed by atoms with E-state index in [0.29, 0.717) is 12.6 Å². The van der Waals surface area contributed by atoms with Crippen LogP contribution in [-0.2, 0) is 0 Å². The molecule has 0 saturated heterocycles. The van der Waals surface area contributed by atoms with E-state index in [4.69, 9.17) is 4.74 Å². The molecule has 0 radical (unpaired) electrons. The van der Waals surface area contributed by atoms with Gasteiger partial charge in [0.2, 0.25) is 5.95 Å². The summed E-state index contributed by atoms with van der Waals surface area (Å²) in [7, 11) is 0. The van der Waals surface area contributed by atoms with E-state index in [0.717, 1.165) is 17.4 Å². The first-order chi connectivity index (χ1) is 8.70. The Balaban J connectivity index is 2.18. The fourth-order valence-corrected chi connectivity index (χ4v) is 1.79. The van der Waals surface area contributed by atoms with E-state index in [9.17, 15) is 0 Å². The maximum atomic E-state index is 5.48. The zero-order chi connectivity index (χ0) is 13.0. The smallest absolute Gasteiger partial charge is 0.207 e. The van der Waals surface area contributed by atoms with Crippen molar-refractivity contribution in [2.45, 2.75) is 26.8 Å². The molecule has 0 atom stereocenters. The van der Waals surface area contributed by atoms with Crippen LogP contribution in [0.5, 0.6) is 5.75 Å². The molecule has 0 fully saturated rings. The van der Waals surface area contributed by atoms with Gasteiger partial charge in [-0.2, -0.15) is 0 Å². The van der Waals surface area contributed by atoms with Crippen molar-refractivity contribution in [1.29, 1.82) is 0 Å². The SMILES string of the molecule is CCOc1cccc(Nc2nccn2C(C)C)c1. The maximum Gasteiger partial charge on any atom is 0.207 e. The third-order valence-corrected chi connectivity index (χ3v) is 2.63. The van der Waals surface area contributed by atoms with Crippen molar-refractivity contribution in [2.24, 2.45) is 0 Å². The largest absolute Gasteiger partial charge is 0.494 e. The lowest BCUT2D eigenvalue weighted by Gasteiger charge is -2.13. The van der Waals surface area contributed by atoms with E-state index < -0.39 is 0 Å². The molecule has 1 heterocycles. The predicted molar refractivity (Wildman–Crippen MR) is 73.5 cm³/mol. The molecule has 0 unspecified atom stereocenters. The lowest BCUT2D eigenvalue weighted by atomic mass is 10.3. The number of rotatable bonds is 5. The van der Waals surface area contributed by atoms with Gasteiger partial charge in [-0.1, -0.05) is 6.07 Å². The highest BCUT2D eigenvalue weighted by Crippen LogP contribution is 2.22. The molecule has 96 valence electrons. The fourth-order valence-electron chi connectivity index (χ4n) is 1.79. The van der Waals surface area contributed by atoms with E-state index in [1.807, 2.05) is 37.4 Å². The van der Waals surface area contributed by atoms with Gasteiger partial charge in [-0.3, -0.25) is 0 Å². The van der Waals surface area contributed by atoms with Crippen LogP contribution in [0.3, 0.4) is 0 Å². The minimum absolute atomic E-state index is 0.380. The minimum Gasteiger partial charge on any atom is -0.494 e. The molecule has 0 aliphatic carbocycles. The highest BCUT2D eigenvalue weighted by molar-refractivity contribution is 5.56. The lowest BCUT2D eigenvalue weighted by molar-refractivity contribution is 0.340. The molecule has 1 aromatic carbocycles. The van der Waals surface area contributed by atoms with Crippen LogP contribution in [-0.4, -0.2) is 16.2 Å². The molecular weight excluding hydrogens is 226 g/mol. The first-order valence-corrected chi connectivity index (χ1v) is 6.23. The summed E-state index contributed by atoms with van der Waals surface area (Å²) < 4.78 is 7.57. The van der Waals surface area contributed by atoms with Crippen molar-refractivity contribution in [3.8, 4) is 5.75 Å². The van der Waals surface area contributed by atoms with E-state index in [1.165, 1.54) is 0 Å². The third kappa shape index (κ3) is 2.83. The summed E-state index contributed by atoms with van der Waals surface area (Å²) in [6, 6.07) is 8.27. The van der Waals surface area contributed by atoms with Crippen molar-refractivity contribution in [3.05, 3.63) is 36.7 Å². The molecule has 0 bridgehead atoms. The second-order valence-electron chi connectivity index (χ2n) is 4.34. The zero-order valence-corrected chi connectivity index (χ0v) is 11.1. The van der Waals surface area contributed by atoms with Crippen molar-refractivity contribution in [2.75, 3.05) is 11.9 Å². The summed E-state index contributed by atoms with van der Waals surface area (Å²) in [4.78, 5) is 4.32. The van der Waals surface area contributed by atoms with Gasteiger partial charge in [-0.05, 0) is 32.9 Å². The second kappa shape index (κ2) is 5.58. The summed E-state index contributed by atoms with van der Waals surface area (Å²) in [5.74, 6) is 1.71. The average Bonchev–Trinajstić information content (AvgIpc) is 2.78. The Kier molecular flexibility index (Phi) is 3.87. The fraction of sp³-hybridized carbons (Fsp3) is 0.357. The molecule has 0 amide bonds. The quantitative estimate of drug-likeness (QED) is 0.874. The summed E-state index contributed by atoms with van der Waals surface area (Å²) >= 11 is 0. The molecular formula is C14H19N3O. The first-order valence-electron chi connectivity index (χ1n) is 6.23. The van der Waals surface area contributed by atoms with Gasteiger partial charge < -0.3 is 14.6 Å². The Morgan fingerprint density at radius 1 is 1.39 bits per heavy atom. The molecule has 0 aliphatic rings. The average molecular weight is 245 g/mol. The number of ether oxygens (including phenoxy) is 1. The monoisotopic (exact) mass is 245 g/mol. The molecule has 2 aromatic rings. The van der Waals surface area contributed by atoms with Crippen LogP contribution in [0, 0.1) is 0 Å². The van der Waals surface area contributed by atoms with Crippen molar-refractivity contribution < 1.29 is 4.74 Å². The highest BCUT2D eigenvalue weighted by atomic mass is 16.5. The van der Waals surface area contributed by atoms with Crippen LogP contribution in [0.2, 0.25) is 0 Å². The van der Waals surface area contributed by atoms with Gasteiger partial charge in [0.1, 0.15) is 5.75 Å². The standard InChI is InChI=1S/C14H19N3O/c1-4-18-13-7-5-6-12(10-13)16-14-15-8-9-17(14)11(2)3/h5-11H,4H2,1-3H3,(H,15,16). The highest BCUT2D eigenvalue weighted by Gasteiger charge is 2.06. The number of anilines is 2. The number of aromatic nitrogens is 2. The first kappa shape index (κ1) is 12.5. The van der Waals surface area contributed by atoms with Gasteiger partial charge in [0, 0.05) is 30.2 Å². The number of nitrogens with one attached hydrogen (secondary N) is 1. The molecule has 0 spiro atoms. The summed E-state index contributed by atoms with van der Waals surface area (Å²) in [5.41, 5.74) is 0.981. The summed E-state index contributed by atoms with van der Waals surface area (Å²) in [6.45, 7) is 6.91. The molecule has 1 N–H and O–H groups in total. The van der Waals surface area contributed by atoms with Gasteiger partial charge in [0.25, 0.3) is 0 Å². The number of nitrogens with zero attached hydrogens (tertiary/aromatic N) is 2. The predicted octanol–water partition coefficient (Wildman–Crippen LogP) is 3.61. The Bertz CT molecular complexity index is 505. The number of hydrogen-bond acceptors (Lipinski definition) is 3. The number of imidazole rings is 1. The topological polar surface area (TPSA) is 39.1 Å². The van der Waals surface area contributed by atoms with Gasteiger partial charge in [-0.25, -0.2) is 4.98 Å². The van der Waals surface area contributed by atoms with E-state index in [1.54, 1.807) is 6.20 Å². The normalized spacial score (nSPS) is 10.7. The Labute approximate surface area is 108 Å². The van der Waals surface area contributed by atoms with Crippen LogP contribution in [0.15, 0.2) is 36.7 Å². The van der Waals surface area contributed by atoms with Gasteiger partial charge in [0.15, 0.2) is 0 Å². The van der Waals surface area contributed by atoms with Crippen molar-refractivity contribution in [1.82, 2.24) is 9.55 Å². The molecule has 2 rings (SSSR count). The Morgan fingerprint density at radius 2 is 2.22 bits per heavy atom. The second-order valence-corrected chi connectivity index (χ2v) is 4.34. The number of hydrogen-bond donors (Lipinski definition) is 1. The zero-order valence-electron chi connectivity index (χ0n) is 11.1. The van der Waals surface area contributed by atoms with Crippen LogP contribution >= 0.6 is 0 Å². The van der Waals surface area contributed by atoms with Crippen molar-refractivity contribution in [3.63, 3.8) is 0 Å². The third-order valence-electron chi connectivity index (χ3n) is 2.63. The van der Waals surface area contributed by atoms with E-state index in [-0.39, 0.29) is 0 Å². The van der Waals surface area contributed by atoms with Crippen LogP contribution in [0.4, 0.5) is 11.6 Å². The Morgan fingerprint density at radius 3 is 2.94 bits per heavy atom. The molecule has 18 heavy (non-hydrogen) atoms. The van der Waals surface area contributed by atoms with Gasteiger partial charge >= 0.3 is 0 Å². The van der Waals surface area contributed by atoms with Crippen molar-refractivity contribution >= 4 is 11.6 Å². The summed E-state index contributed by atoms with van der Waals surface area (Å²) in [6.07, 6.45) is 3.77. The van der Waals surface area contributed by atoms with E-state index >= 15 is 0 Å². The molecule has 0 saturated carbocycles.